The molecule has 0 atom stereocenters. The van der Waals surface area contributed by atoms with Crippen LogP contribution in [0.5, 0.6) is 0 Å². The van der Waals surface area contributed by atoms with Gasteiger partial charge in [-0.1, -0.05) is 12.2 Å². The van der Waals surface area contributed by atoms with Crippen molar-refractivity contribution in [3.63, 3.8) is 0 Å². The Morgan fingerprint density at radius 3 is 2.83 bits per heavy atom. The third kappa shape index (κ3) is 2.06. The van der Waals surface area contributed by atoms with Gasteiger partial charge in [0.15, 0.2) is 5.82 Å². The van der Waals surface area contributed by atoms with Crippen molar-refractivity contribution in [2.75, 3.05) is 0 Å². The molecule has 1 N–H and O–H groups in total. The molecule has 0 saturated carbocycles. The van der Waals surface area contributed by atoms with Crippen molar-refractivity contribution in [2.24, 2.45) is 0 Å². The Labute approximate surface area is 109 Å². The maximum absolute atomic E-state index is 12.8. The molecule has 0 amide bonds. The van der Waals surface area contributed by atoms with Crippen LogP contribution in [-0.2, 0) is 12.8 Å². The van der Waals surface area contributed by atoms with E-state index in [0.29, 0.717) is 16.2 Å². The SMILES string of the molecule is Fc1ccc(-c2nc(=S)c3c([nH]2)CCCC3)nc1. The highest BCUT2D eigenvalue weighted by molar-refractivity contribution is 7.71. The molecule has 2 aromatic heterocycles. The van der Waals surface area contributed by atoms with Crippen molar-refractivity contribution in [2.45, 2.75) is 25.7 Å². The van der Waals surface area contributed by atoms with Gasteiger partial charge in [0.05, 0.1) is 6.20 Å². The zero-order valence-corrected chi connectivity index (χ0v) is 10.6. The number of fused-ring (bicyclic) bond motifs is 1. The van der Waals surface area contributed by atoms with Gasteiger partial charge in [-0.05, 0) is 37.8 Å². The summed E-state index contributed by atoms with van der Waals surface area (Å²) in [6.07, 6.45) is 5.51. The average molecular weight is 261 g/mol. The summed E-state index contributed by atoms with van der Waals surface area (Å²) in [5.74, 6) is 0.274. The zero-order chi connectivity index (χ0) is 12.5. The number of hydrogen-bond acceptors (Lipinski definition) is 3. The number of pyridine rings is 1. The number of halogens is 1. The van der Waals surface area contributed by atoms with Gasteiger partial charge < -0.3 is 4.98 Å². The van der Waals surface area contributed by atoms with E-state index in [-0.39, 0.29) is 5.82 Å². The molecular formula is C13H12FN3S. The standard InChI is InChI=1S/C13H12FN3S/c14-8-5-6-11(15-7-8)12-16-10-4-2-1-3-9(10)13(18)17-12/h5-7H,1-4H2,(H,16,17,18). The van der Waals surface area contributed by atoms with Gasteiger partial charge in [0.1, 0.15) is 16.2 Å². The summed E-state index contributed by atoms with van der Waals surface area (Å²) in [5.41, 5.74) is 2.93. The number of aromatic amines is 1. The minimum absolute atomic E-state index is 0.352. The maximum atomic E-state index is 12.8. The highest BCUT2D eigenvalue weighted by Gasteiger charge is 2.14. The molecule has 1 aliphatic rings. The largest absolute Gasteiger partial charge is 0.342 e. The highest BCUT2D eigenvalue weighted by atomic mass is 32.1. The number of aromatic nitrogens is 3. The number of H-pyrrole nitrogens is 1. The third-order valence-corrected chi connectivity index (χ3v) is 3.52. The van der Waals surface area contributed by atoms with Crippen LogP contribution in [-0.4, -0.2) is 15.0 Å². The maximum Gasteiger partial charge on any atom is 0.157 e. The monoisotopic (exact) mass is 261 g/mol. The van der Waals surface area contributed by atoms with E-state index in [2.05, 4.69) is 15.0 Å². The molecule has 0 radical (unpaired) electrons. The van der Waals surface area contributed by atoms with Crippen LogP contribution < -0.4 is 0 Å². The molecule has 1 aliphatic carbocycles. The topological polar surface area (TPSA) is 41.6 Å². The minimum Gasteiger partial charge on any atom is -0.342 e. The molecule has 0 aliphatic heterocycles. The van der Waals surface area contributed by atoms with Crippen molar-refractivity contribution >= 4 is 12.2 Å². The molecule has 2 heterocycles. The predicted octanol–water partition coefficient (Wildman–Crippen LogP) is 3.22. The van der Waals surface area contributed by atoms with E-state index in [4.69, 9.17) is 12.2 Å². The van der Waals surface area contributed by atoms with Crippen LogP contribution in [0.1, 0.15) is 24.1 Å². The second-order valence-corrected chi connectivity index (χ2v) is 4.80. The summed E-state index contributed by atoms with van der Waals surface area (Å²) >= 11 is 5.32. The van der Waals surface area contributed by atoms with Crippen LogP contribution in [0.4, 0.5) is 4.39 Å². The summed E-state index contributed by atoms with van der Waals surface area (Å²) in [4.78, 5) is 11.7. The van der Waals surface area contributed by atoms with Crippen molar-refractivity contribution in [1.29, 1.82) is 0 Å². The van der Waals surface area contributed by atoms with E-state index in [1.165, 1.54) is 25.1 Å². The zero-order valence-electron chi connectivity index (χ0n) is 9.74. The second kappa shape index (κ2) is 4.57. The molecule has 0 aromatic carbocycles. The van der Waals surface area contributed by atoms with Crippen LogP contribution in [0.15, 0.2) is 18.3 Å². The van der Waals surface area contributed by atoms with E-state index in [9.17, 15) is 4.39 Å². The Morgan fingerprint density at radius 1 is 1.22 bits per heavy atom. The number of hydrogen-bond donors (Lipinski definition) is 1. The normalized spacial score (nSPS) is 14.3. The Kier molecular flexibility index (Phi) is 2.91. The fraction of sp³-hybridized carbons (Fsp3) is 0.308. The van der Waals surface area contributed by atoms with Crippen LogP contribution in [0.3, 0.4) is 0 Å². The van der Waals surface area contributed by atoms with Gasteiger partial charge in [-0.25, -0.2) is 14.4 Å². The number of nitrogens with zero attached hydrogens (tertiary/aromatic N) is 2. The first-order valence-corrected chi connectivity index (χ1v) is 6.39. The van der Waals surface area contributed by atoms with Crippen LogP contribution in [0.25, 0.3) is 11.5 Å². The lowest BCUT2D eigenvalue weighted by Gasteiger charge is -2.16. The third-order valence-electron chi connectivity index (χ3n) is 3.18. The van der Waals surface area contributed by atoms with Crippen LogP contribution in [0.2, 0.25) is 0 Å². The lowest BCUT2D eigenvalue weighted by molar-refractivity contribution is 0.621. The Balaban J connectivity index is 2.11. The molecular weight excluding hydrogens is 249 g/mol. The number of nitrogens with one attached hydrogen (secondary N) is 1. The van der Waals surface area contributed by atoms with Gasteiger partial charge >= 0.3 is 0 Å². The number of aryl methyl sites for hydroxylation is 1. The first-order valence-electron chi connectivity index (χ1n) is 5.98. The molecule has 0 spiro atoms. The fourth-order valence-corrected chi connectivity index (χ4v) is 2.57. The van der Waals surface area contributed by atoms with Gasteiger partial charge in [-0.3, -0.25) is 0 Å². The summed E-state index contributed by atoms with van der Waals surface area (Å²) in [7, 11) is 0. The van der Waals surface area contributed by atoms with E-state index in [1.54, 1.807) is 6.07 Å². The molecule has 0 fully saturated rings. The molecule has 0 saturated heterocycles. The Morgan fingerprint density at radius 2 is 2.06 bits per heavy atom. The van der Waals surface area contributed by atoms with E-state index < -0.39 is 0 Å². The minimum atomic E-state index is -0.352. The van der Waals surface area contributed by atoms with Gasteiger partial charge in [0.2, 0.25) is 0 Å². The van der Waals surface area contributed by atoms with Crippen LogP contribution >= 0.6 is 12.2 Å². The smallest absolute Gasteiger partial charge is 0.157 e. The predicted molar refractivity (Wildman–Crippen MR) is 69.3 cm³/mol. The van der Waals surface area contributed by atoms with Gasteiger partial charge in [0.25, 0.3) is 0 Å². The average Bonchev–Trinajstić information content (AvgIpc) is 2.39. The quantitative estimate of drug-likeness (QED) is 0.801. The van der Waals surface area contributed by atoms with E-state index in [0.717, 1.165) is 24.1 Å². The first kappa shape index (κ1) is 11.5. The number of rotatable bonds is 1. The van der Waals surface area contributed by atoms with Crippen molar-refractivity contribution in [3.8, 4) is 11.5 Å². The first-order chi connectivity index (χ1) is 8.74. The molecule has 0 unspecified atom stereocenters. The molecule has 5 heteroatoms. The molecule has 0 bridgehead atoms. The molecule has 92 valence electrons. The summed E-state index contributed by atoms with van der Waals surface area (Å²) in [5, 5.41) is 0. The summed E-state index contributed by atoms with van der Waals surface area (Å²) in [6, 6.07) is 2.98. The van der Waals surface area contributed by atoms with Crippen molar-refractivity contribution in [3.05, 3.63) is 40.0 Å². The Bertz CT molecular complexity index is 634. The molecule has 2 aromatic rings. The molecule has 3 nitrogen and oxygen atoms in total. The molecule has 18 heavy (non-hydrogen) atoms. The molecule has 3 rings (SSSR count). The van der Waals surface area contributed by atoms with Crippen molar-refractivity contribution < 1.29 is 4.39 Å². The van der Waals surface area contributed by atoms with Gasteiger partial charge in [-0.15, -0.1) is 0 Å². The van der Waals surface area contributed by atoms with Crippen molar-refractivity contribution in [1.82, 2.24) is 15.0 Å². The lowest BCUT2D eigenvalue weighted by Crippen LogP contribution is -2.09. The highest BCUT2D eigenvalue weighted by Crippen LogP contribution is 2.22. The lowest BCUT2D eigenvalue weighted by atomic mass is 9.97. The summed E-state index contributed by atoms with van der Waals surface area (Å²) in [6.45, 7) is 0. The van der Waals surface area contributed by atoms with Gasteiger partial charge in [-0.2, -0.15) is 0 Å². The second-order valence-electron chi connectivity index (χ2n) is 4.42. The summed E-state index contributed by atoms with van der Waals surface area (Å²) < 4.78 is 13.5. The fourth-order valence-electron chi connectivity index (χ4n) is 2.26. The van der Waals surface area contributed by atoms with Crippen LogP contribution in [0, 0.1) is 10.5 Å². The Hall–Kier alpha value is -1.62. The van der Waals surface area contributed by atoms with E-state index >= 15 is 0 Å². The van der Waals surface area contributed by atoms with Gasteiger partial charge in [0, 0.05) is 11.3 Å². The van der Waals surface area contributed by atoms with E-state index in [1.807, 2.05) is 0 Å².